The van der Waals surface area contributed by atoms with Crippen molar-refractivity contribution in [2.24, 2.45) is 5.92 Å². The summed E-state index contributed by atoms with van der Waals surface area (Å²) in [5.41, 5.74) is 0.779. The third-order valence-electron chi connectivity index (χ3n) is 4.58. The summed E-state index contributed by atoms with van der Waals surface area (Å²) in [7, 11) is 0. The molecule has 2 amide bonds. The highest BCUT2D eigenvalue weighted by molar-refractivity contribution is 9.10. The minimum absolute atomic E-state index is 0.184. The van der Waals surface area contributed by atoms with E-state index < -0.39 is 6.04 Å². The average Bonchev–Trinajstić information content (AvgIpc) is 2.74. The number of hydrogen-bond donors (Lipinski definition) is 1. The van der Waals surface area contributed by atoms with Crippen LogP contribution in [0.2, 0.25) is 10.0 Å². The van der Waals surface area contributed by atoms with Gasteiger partial charge in [-0.25, -0.2) is 0 Å². The zero-order valence-electron chi connectivity index (χ0n) is 17.8. The van der Waals surface area contributed by atoms with E-state index in [2.05, 4.69) is 21.2 Å². The Kier molecular flexibility index (Phi) is 10.1. The predicted octanol–water partition coefficient (Wildman–Crippen LogP) is 5.71. The summed E-state index contributed by atoms with van der Waals surface area (Å²) in [5.74, 6) is 0.401. The third-order valence-corrected chi connectivity index (χ3v) is 5.85. The maximum absolute atomic E-state index is 13.1. The first-order valence-corrected chi connectivity index (χ1v) is 11.7. The summed E-state index contributed by atoms with van der Waals surface area (Å²) in [6, 6.07) is 11.8. The van der Waals surface area contributed by atoms with Crippen molar-refractivity contribution in [1.82, 2.24) is 10.2 Å². The monoisotopic (exact) mass is 528 g/mol. The first-order chi connectivity index (χ1) is 14.7. The molecule has 0 aromatic heterocycles. The molecule has 0 heterocycles. The molecular weight excluding hydrogens is 503 g/mol. The van der Waals surface area contributed by atoms with E-state index >= 15 is 0 Å². The van der Waals surface area contributed by atoms with Gasteiger partial charge in [-0.1, -0.05) is 66.0 Å². The van der Waals surface area contributed by atoms with E-state index in [9.17, 15) is 9.59 Å². The Morgan fingerprint density at radius 3 is 2.35 bits per heavy atom. The smallest absolute Gasteiger partial charge is 0.261 e. The predicted molar refractivity (Wildman–Crippen MR) is 129 cm³/mol. The van der Waals surface area contributed by atoms with Crippen molar-refractivity contribution in [3.05, 3.63) is 62.5 Å². The Labute approximate surface area is 202 Å². The molecule has 0 aliphatic carbocycles. The molecule has 0 aliphatic rings. The highest BCUT2D eigenvalue weighted by atomic mass is 79.9. The van der Waals surface area contributed by atoms with Crippen molar-refractivity contribution < 1.29 is 14.3 Å². The van der Waals surface area contributed by atoms with E-state index in [0.29, 0.717) is 34.7 Å². The standard InChI is InChI=1S/C23H27BrCl2N2O3/c1-4-21(23(30)27-12-15(2)3)28(13-16-5-10-19(25)20(26)11-16)22(29)14-31-18-8-6-17(24)7-9-18/h5-11,15,21H,4,12-14H2,1-3H3,(H,27,30)/t21-/m0/s1. The molecule has 0 aliphatic heterocycles. The van der Waals surface area contributed by atoms with Crippen LogP contribution in [0.1, 0.15) is 32.8 Å². The summed E-state index contributed by atoms with van der Waals surface area (Å²) in [6.45, 7) is 6.49. The average molecular weight is 530 g/mol. The zero-order valence-corrected chi connectivity index (χ0v) is 20.9. The van der Waals surface area contributed by atoms with Gasteiger partial charge in [0.15, 0.2) is 6.61 Å². The molecule has 0 fully saturated rings. The van der Waals surface area contributed by atoms with Gasteiger partial charge < -0.3 is 15.0 Å². The van der Waals surface area contributed by atoms with Gasteiger partial charge in [-0.15, -0.1) is 0 Å². The van der Waals surface area contributed by atoms with Crippen LogP contribution in [-0.4, -0.2) is 35.9 Å². The van der Waals surface area contributed by atoms with E-state index in [1.165, 1.54) is 4.90 Å². The van der Waals surface area contributed by atoms with Crippen molar-refractivity contribution >= 4 is 50.9 Å². The summed E-state index contributed by atoms with van der Waals surface area (Å²) in [6.07, 6.45) is 0.468. The van der Waals surface area contributed by atoms with Gasteiger partial charge in [0.2, 0.25) is 5.91 Å². The lowest BCUT2D eigenvalue weighted by Gasteiger charge is -2.31. The quantitative estimate of drug-likeness (QED) is 0.428. The van der Waals surface area contributed by atoms with Gasteiger partial charge in [-0.2, -0.15) is 0 Å². The topological polar surface area (TPSA) is 58.6 Å². The Bertz CT molecular complexity index is 891. The molecule has 0 unspecified atom stereocenters. The van der Waals surface area contributed by atoms with Crippen LogP contribution in [0.25, 0.3) is 0 Å². The Hall–Kier alpha value is -1.76. The van der Waals surface area contributed by atoms with Crippen LogP contribution in [0.15, 0.2) is 46.9 Å². The molecule has 0 spiro atoms. The molecule has 168 valence electrons. The van der Waals surface area contributed by atoms with Crippen LogP contribution in [0.5, 0.6) is 5.75 Å². The Morgan fingerprint density at radius 2 is 1.77 bits per heavy atom. The van der Waals surface area contributed by atoms with Crippen molar-refractivity contribution in [1.29, 1.82) is 0 Å². The second-order valence-electron chi connectivity index (χ2n) is 7.58. The van der Waals surface area contributed by atoms with Crippen LogP contribution in [0.4, 0.5) is 0 Å². The fourth-order valence-corrected chi connectivity index (χ4v) is 3.52. The van der Waals surface area contributed by atoms with E-state index in [0.717, 1.165) is 10.0 Å². The van der Waals surface area contributed by atoms with Crippen molar-refractivity contribution in [3.63, 3.8) is 0 Å². The first kappa shape index (κ1) is 25.5. The van der Waals surface area contributed by atoms with Crippen molar-refractivity contribution in [2.75, 3.05) is 13.2 Å². The van der Waals surface area contributed by atoms with Crippen molar-refractivity contribution in [2.45, 2.75) is 39.8 Å². The number of carbonyl (C=O) groups excluding carboxylic acids is 2. The van der Waals surface area contributed by atoms with E-state index in [4.69, 9.17) is 27.9 Å². The number of rotatable bonds is 10. The summed E-state index contributed by atoms with van der Waals surface area (Å²) < 4.78 is 6.58. The second kappa shape index (κ2) is 12.3. The van der Waals surface area contributed by atoms with Gasteiger partial charge in [0, 0.05) is 17.6 Å². The molecule has 2 rings (SSSR count). The van der Waals surface area contributed by atoms with Gasteiger partial charge in [0.05, 0.1) is 10.0 Å². The van der Waals surface area contributed by atoms with E-state index in [1.807, 2.05) is 32.9 Å². The van der Waals surface area contributed by atoms with E-state index in [-0.39, 0.29) is 25.0 Å². The molecule has 0 radical (unpaired) electrons. The van der Waals surface area contributed by atoms with Gasteiger partial charge in [-0.05, 0) is 54.3 Å². The minimum Gasteiger partial charge on any atom is -0.484 e. The summed E-state index contributed by atoms with van der Waals surface area (Å²) in [4.78, 5) is 27.5. The van der Waals surface area contributed by atoms with Crippen molar-refractivity contribution in [3.8, 4) is 5.75 Å². The van der Waals surface area contributed by atoms with Crippen LogP contribution in [-0.2, 0) is 16.1 Å². The lowest BCUT2D eigenvalue weighted by Crippen LogP contribution is -2.50. The fraction of sp³-hybridized carbons (Fsp3) is 0.391. The number of amides is 2. The molecule has 1 atom stereocenters. The summed E-state index contributed by atoms with van der Waals surface area (Å²) in [5, 5.41) is 3.76. The molecular formula is C23H27BrCl2N2O3. The first-order valence-electron chi connectivity index (χ1n) is 10.1. The molecule has 0 bridgehead atoms. The number of hydrogen-bond acceptors (Lipinski definition) is 3. The van der Waals surface area contributed by atoms with Crippen LogP contribution >= 0.6 is 39.1 Å². The lowest BCUT2D eigenvalue weighted by molar-refractivity contribution is -0.143. The fourth-order valence-electron chi connectivity index (χ4n) is 2.94. The zero-order chi connectivity index (χ0) is 23.0. The summed E-state index contributed by atoms with van der Waals surface area (Å²) >= 11 is 15.5. The molecule has 1 N–H and O–H groups in total. The molecule has 5 nitrogen and oxygen atoms in total. The van der Waals surface area contributed by atoms with Crippen LogP contribution in [0.3, 0.4) is 0 Å². The minimum atomic E-state index is -0.630. The van der Waals surface area contributed by atoms with Gasteiger partial charge in [0.25, 0.3) is 5.91 Å². The molecule has 2 aromatic carbocycles. The second-order valence-corrected chi connectivity index (χ2v) is 9.31. The Balaban J connectivity index is 2.21. The number of nitrogens with zero attached hydrogens (tertiary/aromatic N) is 1. The molecule has 2 aromatic rings. The Morgan fingerprint density at radius 1 is 1.10 bits per heavy atom. The highest BCUT2D eigenvalue weighted by Gasteiger charge is 2.29. The largest absolute Gasteiger partial charge is 0.484 e. The highest BCUT2D eigenvalue weighted by Crippen LogP contribution is 2.24. The maximum atomic E-state index is 13.1. The number of halogens is 3. The maximum Gasteiger partial charge on any atom is 0.261 e. The van der Waals surface area contributed by atoms with Gasteiger partial charge >= 0.3 is 0 Å². The van der Waals surface area contributed by atoms with Crippen LogP contribution in [0, 0.1) is 5.92 Å². The molecule has 0 saturated heterocycles. The van der Waals surface area contributed by atoms with Gasteiger partial charge in [-0.3, -0.25) is 9.59 Å². The third kappa shape index (κ3) is 8.02. The number of carbonyl (C=O) groups is 2. The number of benzene rings is 2. The van der Waals surface area contributed by atoms with E-state index in [1.54, 1.807) is 30.3 Å². The number of ether oxygens (including phenoxy) is 1. The SMILES string of the molecule is CC[C@@H](C(=O)NCC(C)C)N(Cc1ccc(Cl)c(Cl)c1)C(=O)COc1ccc(Br)cc1. The van der Waals surface area contributed by atoms with Crippen LogP contribution < -0.4 is 10.1 Å². The lowest BCUT2D eigenvalue weighted by atomic mass is 10.1. The molecule has 8 heteroatoms. The normalized spacial score (nSPS) is 11.8. The number of nitrogens with one attached hydrogen (secondary N) is 1. The van der Waals surface area contributed by atoms with Gasteiger partial charge in [0.1, 0.15) is 11.8 Å². The molecule has 31 heavy (non-hydrogen) atoms. The molecule has 0 saturated carbocycles.